The van der Waals surface area contributed by atoms with Gasteiger partial charge >= 0.3 is 0 Å². The summed E-state index contributed by atoms with van der Waals surface area (Å²) in [5.74, 6) is -0.0322. The molecule has 2 aromatic rings. The molecule has 0 bridgehead atoms. The smallest absolute Gasteiger partial charge is 0.260 e. The summed E-state index contributed by atoms with van der Waals surface area (Å²) in [6.07, 6.45) is 0. The van der Waals surface area contributed by atoms with Gasteiger partial charge < -0.3 is 14.7 Å². The van der Waals surface area contributed by atoms with Crippen molar-refractivity contribution in [3.8, 4) is 11.5 Å². The van der Waals surface area contributed by atoms with E-state index in [2.05, 4.69) is 0 Å². The highest BCUT2D eigenvalue weighted by molar-refractivity contribution is 7.89. The van der Waals surface area contributed by atoms with Gasteiger partial charge in [-0.3, -0.25) is 4.79 Å². The Balaban J connectivity index is 1.55. The Morgan fingerprint density at radius 3 is 2.23 bits per heavy atom. The van der Waals surface area contributed by atoms with Gasteiger partial charge in [-0.15, -0.1) is 0 Å². The van der Waals surface area contributed by atoms with E-state index < -0.39 is 10.0 Å². The molecule has 7 nitrogen and oxygen atoms in total. The lowest BCUT2D eigenvalue weighted by Crippen LogP contribution is -2.51. The maximum Gasteiger partial charge on any atom is 0.260 e. The number of nitrogens with zero attached hydrogens (tertiary/aromatic N) is 2. The van der Waals surface area contributed by atoms with Crippen LogP contribution in [0.1, 0.15) is 0 Å². The number of rotatable bonds is 5. The maximum absolute atomic E-state index is 12.6. The first-order chi connectivity index (χ1) is 12.5. The van der Waals surface area contributed by atoms with Crippen LogP contribution in [0.3, 0.4) is 0 Å². The van der Waals surface area contributed by atoms with Gasteiger partial charge in [0.05, 0.1) is 4.90 Å². The second kappa shape index (κ2) is 7.76. The van der Waals surface area contributed by atoms with Crippen molar-refractivity contribution >= 4 is 15.9 Å². The molecule has 0 spiro atoms. The van der Waals surface area contributed by atoms with E-state index in [4.69, 9.17) is 4.74 Å². The summed E-state index contributed by atoms with van der Waals surface area (Å²) in [4.78, 5) is 14.1. The van der Waals surface area contributed by atoms with E-state index in [1.165, 1.54) is 10.4 Å². The van der Waals surface area contributed by atoms with Crippen molar-refractivity contribution < 1.29 is 23.1 Å². The summed E-state index contributed by atoms with van der Waals surface area (Å²) in [6.45, 7) is 0.867. The summed E-state index contributed by atoms with van der Waals surface area (Å²) in [5.41, 5.74) is 0. The molecule has 1 heterocycles. The van der Waals surface area contributed by atoms with Crippen LogP contribution in [0.15, 0.2) is 59.5 Å². The summed E-state index contributed by atoms with van der Waals surface area (Å²) < 4.78 is 31.9. The van der Waals surface area contributed by atoms with Crippen molar-refractivity contribution in [1.82, 2.24) is 9.21 Å². The standard InChI is InChI=1S/C18H20N2O5S/c21-16-8-4-5-9-17(16)25-14-18(22)19-10-12-20(13-11-19)26(23,24)15-6-2-1-3-7-15/h1-9,21H,10-14H2. The third-order valence-electron chi connectivity index (χ3n) is 4.19. The molecule has 2 aromatic carbocycles. The minimum atomic E-state index is -3.54. The van der Waals surface area contributed by atoms with Crippen LogP contribution in [-0.2, 0) is 14.8 Å². The molecule has 8 heteroatoms. The van der Waals surface area contributed by atoms with Gasteiger partial charge in [-0.05, 0) is 24.3 Å². The summed E-state index contributed by atoms with van der Waals surface area (Å²) in [6, 6.07) is 14.7. The Bertz CT molecular complexity index is 862. The van der Waals surface area contributed by atoms with Crippen LogP contribution in [0.2, 0.25) is 0 Å². The number of amides is 1. The molecule has 1 N–H and O–H groups in total. The van der Waals surface area contributed by atoms with E-state index in [0.717, 1.165) is 0 Å². The molecule has 0 unspecified atom stereocenters. The van der Waals surface area contributed by atoms with Crippen LogP contribution in [0.4, 0.5) is 0 Å². The lowest BCUT2D eigenvalue weighted by atomic mass is 10.3. The number of aromatic hydroxyl groups is 1. The number of carbonyl (C=O) groups is 1. The van der Waals surface area contributed by atoms with Crippen molar-refractivity contribution in [3.05, 3.63) is 54.6 Å². The number of hydrogen-bond acceptors (Lipinski definition) is 5. The maximum atomic E-state index is 12.6. The van der Waals surface area contributed by atoms with Gasteiger partial charge in [0.1, 0.15) is 0 Å². The van der Waals surface area contributed by atoms with Crippen LogP contribution in [0.25, 0.3) is 0 Å². The summed E-state index contributed by atoms with van der Waals surface area (Å²) in [7, 11) is -3.54. The third kappa shape index (κ3) is 3.97. The number of hydrogen-bond donors (Lipinski definition) is 1. The Morgan fingerprint density at radius 2 is 1.58 bits per heavy atom. The third-order valence-corrected chi connectivity index (χ3v) is 6.10. The van der Waals surface area contributed by atoms with E-state index in [-0.39, 0.29) is 42.0 Å². The molecule has 1 fully saturated rings. The molecule has 0 saturated carbocycles. The number of piperazine rings is 1. The average Bonchev–Trinajstić information content (AvgIpc) is 2.68. The molecule has 1 saturated heterocycles. The first-order valence-electron chi connectivity index (χ1n) is 8.22. The fourth-order valence-corrected chi connectivity index (χ4v) is 4.17. The van der Waals surface area contributed by atoms with Crippen LogP contribution in [-0.4, -0.2) is 61.4 Å². The zero-order valence-corrected chi connectivity index (χ0v) is 14.9. The molecular formula is C18H20N2O5S. The first kappa shape index (κ1) is 18.2. The van der Waals surface area contributed by atoms with Gasteiger partial charge in [0, 0.05) is 26.2 Å². The van der Waals surface area contributed by atoms with Gasteiger partial charge in [0.25, 0.3) is 5.91 Å². The van der Waals surface area contributed by atoms with Crippen molar-refractivity contribution in [2.45, 2.75) is 4.90 Å². The number of phenols is 1. The predicted molar refractivity (Wildman–Crippen MR) is 95.4 cm³/mol. The van der Waals surface area contributed by atoms with E-state index in [0.29, 0.717) is 13.1 Å². The van der Waals surface area contributed by atoms with Crippen LogP contribution in [0, 0.1) is 0 Å². The summed E-state index contributed by atoms with van der Waals surface area (Å²) >= 11 is 0. The average molecular weight is 376 g/mol. The van der Waals surface area contributed by atoms with Crippen LogP contribution < -0.4 is 4.74 Å². The molecule has 0 radical (unpaired) electrons. The van der Waals surface area contributed by atoms with Crippen molar-refractivity contribution in [1.29, 1.82) is 0 Å². The number of para-hydroxylation sites is 2. The fraction of sp³-hybridized carbons (Fsp3) is 0.278. The molecule has 0 aromatic heterocycles. The van der Waals surface area contributed by atoms with Crippen molar-refractivity contribution in [3.63, 3.8) is 0 Å². The number of carbonyl (C=O) groups excluding carboxylic acids is 1. The van der Waals surface area contributed by atoms with Gasteiger partial charge in [-0.2, -0.15) is 4.31 Å². The quantitative estimate of drug-likeness (QED) is 0.850. The fourth-order valence-electron chi connectivity index (χ4n) is 2.73. The minimum Gasteiger partial charge on any atom is -0.504 e. The summed E-state index contributed by atoms with van der Waals surface area (Å²) in [5, 5.41) is 9.64. The number of sulfonamides is 1. The second-order valence-corrected chi connectivity index (χ2v) is 7.79. The highest BCUT2D eigenvalue weighted by atomic mass is 32.2. The number of benzene rings is 2. The van der Waals surface area contributed by atoms with Crippen molar-refractivity contribution in [2.24, 2.45) is 0 Å². The monoisotopic (exact) mass is 376 g/mol. The van der Waals surface area contributed by atoms with Crippen molar-refractivity contribution in [2.75, 3.05) is 32.8 Å². The highest BCUT2D eigenvalue weighted by Crippen LogP contribution is 2.24. The Hall–Kier alpha value is -2.58. The van der Waals surface area contributed by atoms with Gasteiger partial charge in [-0.25, -0.2) is 8.42 Å². The zero-order valence-electron chi connectivity index (χ0n) is 14.1. The molecular weight excluding hydrogens is 356 g/mol. The number of ether oxygens (including phenoxy) is 1. The highest BCUT2D eigenvalue weighted by Gasteiger charge is 2.30. The normalized spacial score (nSPS) is 15.6. The molecule has 1 aliphatic heterocycles. The van der Waals surface area contributed by atoms with Gasteiger partial charge in [-0.1, -0.05) is 30.3 Å². The van der Waals surface area contributed by atoms with E-state index in [9.17, 15) is 18.3 Å². The van der Waals surface area contributed by atoms with E-state index in [1.54, 1.807) is 53.4 Å². The zero-order chi connectivity index (χ0) is 18.6. The van der Waals surface area contributed by atoms with E-state index in [1.807, 2.05) is 0 Å². The largest absolute Gasteiger partial charge is 0.504 e. The Labute approximate surface area is 152 Å². The molecule has 0 aliphatic carbocycles. The molecule has 1 aliphatic rings. The van der Waals surface area contributed by atoms with E-state index >= 15 is 0 Å². The van der Waals surface area contributed by atoms with Crippen LogP contribution >= 0.6 is 0 Å². The Kier molecular flexibility index (Phi) is 5.43. The minimum absolute atomic E-state index is 0.0286. The Morgan fingerprint density at radius 1 is 0.962 bits per heavy atom. The second-order valence-electron chi connectivity index (χ2n) is 5.85. The predicted octanol–water partition coefficient (Wildman–Crippen LogP) is 1.30. The van der Waals surface area contributed by atoms with Gasteiger partial charge in [0.15, 0.2) is 18.1 Å². The van der Waals surface area contributed by atoms with Crippen LogP contribution in [0.5, 0.6) is 11.5 Å². The lowest BCUT2D eigenvalue weighted by molar-refractivity contribution is -0.134. The number of phenolic OH excluding ortho intramolecular Hbond substituents is 1. The molecule has 1 amide bonds. The van der Waals surface area contributed by atoms with Gasteiger partial charge in [0.2, 0.25) is 10.0 Å². The molecule has 26 heavy (non-hydrogen) atoms. The molecule has 0 atom stereocenters. The molecule has 138 valence electrons. The lowest BCUT2D eigenvalue weighted by Gasteiger charge is -2.34. The topological polar surface area (TPSA) is 87.2 Å². The first-order valence-corrected chi connectivity index (χ1v) is 9.66. The SMILES string of the molecule is O=C(COc1ccccc1O)N1CCN(S(=O)(=O)c2ccccc2)CC1. The molecule has 3 rings (SSSR count).